The number of nitrogens with one attached hydrogen (secondary N) is 2. The summed E-state index contributed by atoms with van der Waals surface area (Å²) in [5.41, 5.74) is 0.692. The van der Waals surface area contributed by atoms with Crippen LogP contribution in [0.5, 0.6) is 0 Å². The SMILES string of the molecule is OC[C@@H]1O[C@@H](Nc2ccccc2N[C@H]2O[C@@H](CO)[C@@H](O)[C@@H](O)[C@H]2O)[C@H](O)[C@H](O)[C@@H]1O. The van der Waals surface area contributed by atoms with Crippen LogP contribution in [0.3, 0.4) is 0 Å². The molecule has 2 aliphatic rings. The highest BCUT2D eigenvalue weighted by Crippen LogP contribution is 2.30. The summed E-state index contributed by atoms with van der Waals surface area (Å²) in [6.45, 7) is -1.15. The van der Waals surface area contributed by atoms with E-state index < -0.39 is 74.5 Å². The van der Waals surface area contributed by atoms with Gasteiger partial charge < -0.3 is 61.0 Å². The summed E-state index contributed by atoms with van der Waals surface area (Å²) in [6, 6.07) is 6.50. The maximum Gasteiger partial charge on any atom is 0.157 e. The molecule has 30 heavy (non-hydrogen) atoms. The maximum atomic E-state index is 10.2. The second-order valence-electron chi connectivity index (χ2n) is 7.33. The summed E-state index contributed by atoms with van der Waals surface area (Å²) in [7, 11) is 0. The minimum absolute atomic E-state index is 0.346. The monoisotopic (exact) mass is 432 g/mol. The molecule has 2 fully saturated rings. The van der Waals surface area contributed by atoms with Crippen LogP contribution in [0.15, 0.2) is 24.3 Å². The van der Waals surface area contributed by atoms with E-state index >= 15 is 0 Å². The van der Waals surface area contributed by atoms with Gasteiger partial charge in [0.05, 0.1) is 24.6 Å². The summed E-state index contributed by atoms with van der Waals surface area (Å²) in [6.07, 6.45) is -13.7. The number of hydrogen-bond acceptors (Lipinski definition) is 12. The lowest BCUT2D eigenvalue weighted by atomic mass is 9.98. The zero-order valence-corrected chi connectivity index (χ0v) is 15.9. The molecular weight excluding hydrogens is 404 g/mol. The van der Waals surface area contributed by atoms with Crippen molar-refractivity contribution in [2.45, 2.75) is 61.3 Å². The van der Waals surface area contributed by atoms with Crippen molar-refractivity contribution in [1.29, 1.82) is 0 Å². The van der Waals surface area contributed by atoms with Gasteiger partial charge in [-0.3, -0.25) is 0 Å². The van der Waals surface area contributed by atoms with Crippen LogP contribution in [-0.2, 0) is 9.47 Å². The lowest BCUT2D eigenvalue weighted by molar-refractivity contribution is -0.222. The summed E-state index contributed by atoms with van der Waals surface area (Å²) >= 11 is 0. The Bertz CT molecular complexity index is 636. The van der Waals surface area contributed by atoms with Crippen molar-refractivity contribution >= 4 is 11.4 Å². The predicted octanol–water partition coefficient (Wildman–Crippen LogP) is -3.89. The fourth-order valence-corrected chi connectivity index (χ4v) is 3.48. The van der Waals surface area contributed by atoms with Crippen molar-refractivity contribution in [3.63, 3.8) is 0 Å². The molecule has 2 heterocycles. The standard InChI is InChI=1S/C18H28N2O10/c21-5-9-11(23)13(25)15(27)17(29-9)19-7-3-1-2-4-8(7)20-18-16(28)14(26)12(24)10(6-22)30-18/h1-4,9-28H,5-6H2/t9-,10-,11+,12+,13+,14+,15+,16+,17-,18+/m0/s1. The first kappa shape index (κ1) is 23.1. The molecule has 0 saturated carbocycles. The third kappa shape index (κ3) is 4.53. The Morgan fingerprint density at radius 2 is 0.967 bits per heavy atom. The van der Waals surface area contributed by atoms with Crippen LogP contribution < -0.4 is 10.6 Å². The van der Waals surface area contributed by atoms with Gasteiger partial charge >= 0.3 is 0 Å². The molecule has 1 aromatic rings. The Labute approximate surface area is 171 Å². The number of para-hydroxylation sites is 2. The Balaban J connectivity index is 1.76. The number of rotatable bonds is 6. The van der Waals surface area contributed by atoms with Crippen LogP contribution in [0.1, 0.15) is 0 Å². The molecule has 10 atom stereocenters. The molecule has 1 aromatic carbocycles. The van der Waals surface area contributed by atoms with Crippen molar-refractivity contribution in [1.82, 2.24) is 0 Å². The summed E-state index contributed by atoms with van der Waals surface area (Å²) in [5, 5.41) is 84.4. The molecule has 0 bridgehead atoms. The third-order valence-electron chi connectivity index (χ3n) is 5.31. The van der Waals surface area contributed by atoms with E-state index in [9.17, 15) is 40.9 Å². The highest BCUT2D eigenvalue weighted by atomic mass is 16.6. The maximum absolute atomic E-state index is 10.2. The molecule has 2 saturated heterocycles. The van der Waals surface area contributed by atoms with Crippen LogP contribution in [-0.4, -0.2) is 115 Å². The quantitative estimate of drug-likeness (QED) is 0.210. The zero-order chi connectivity index (χ0) is 22.0. The Morgan fingerprint density at radius 1 is 0.600 bits per heavy atom. The molecule has 0 radical (unpaired) electrons. The van der Waals surface area contributed by atoms with Crippen LogP contribution in [0, 0.1) is 0 Å². The molecular formula is C18H28N2O10. The molecule has 0 aromatic heterocycles. The van der Waals surface area contributed by atoms with Crippen molar-refractivity contribution in [2.75, 3.05) is 23.8 Å². The first-order valence-electron chi connectivity index (χ1n) is 9.51. The van der Waals surface area contributed by atoms with Gasteiger partial charge in [0, 0.05) is 0 Å². The Morgan fingerprint density at radius 3 is 1.30 bits per heavy atom. The molecule has 12 heteroatoms. The van der Waals surface area contributed by atoms with Crippen molar-refractivity contribution in [3.8, 4) is 0 Å². The minimum Gasteiger partial charge on any atom is -0.394 e. The van der Waals surface area contributed by atoms with E-state index in [1.54, 1.807) is 24.3 Å². The second kappa shape index (κ2) is 9.70. The van der Waals surface area contributed by atoms with Gasteiger partial charge in [-0.05, 0) is 12.1 Å². The van der Waals surface area contributed by atoms with Crippen molar-refractivity contribution in [2.24, 2.45) is 0 Å². The average molecular weight is 432 g/mol. The summed E-state index contributed by atoms with van der Waals surface area (Å²) < 4.78 is 10.9. The smallest absolute Gasteiger partial charge is 0.157 e. The molecule has 12 nitrogen and oxygen atoms in total. The minimum atomic E-state index is -1.56. The van der Waals surface area contributed by atoms with E-state index in [1.165, 1.54) is 0 Å². The molecule has 0 unspecified atom stereocenters. The summed E-state index contributed by atoms with van der Waals surface area (Å²) in [4.78, 5) is 0. The van der Waals surface area contributed by atoms with E-state index in [0.717, 1.165) is 0 Å². The van der Waals surface area contributed by atoms with Crippen LogP contribution >= 0.6 is 0 Å². The van der Waals surface area contributed by atoms with E-state index in [-0.39, 0.29) is 0 Å². The first-order chi connectivity index (χ1) is 14.3. The number of aliphatic hydroxyl groups is 8. The second-order valence-corrected chi connectivity index (χ2v) is 7.33. The van der Waals surface area contributed by atoms with E-state index in [2.05, 4.69) is 10.6 Å². The Kier molecular flexibility index (Phi) is 7.47. The van der Waals surface area contributed by atoms with Gasteiger partial charge in [-0.25, -0.2) is 0 Å². The molecule has 0 aliphatic carbocycles. The topological polar surface area (TPSA) is 204 Å². The van der Waals surface area contributed by atoms with E-state index in [4.69, 9.17) is 9.47 Å². The van der Waals surface area contributed by atoms with Gasteiger partial charge in [-0.1, -0.05) is 12.1 Å². The summed E-state index contributed by atoms with van der Waals surface area (Å²) in [5.74, 6) is 0. The molecule has 0 spiro atoms. The molecule has 2 aliphatic heterocycles. The molecule has 0 amide bonds. The lowest BCUT2D eigenvalue weighted by Gasteiger charge is -2.42. The highest BCUT2D eigenvalue weighted by molar-refractivity contribution is 5.69. The predicted molar refractivity (Wildman–Crippen MR) is 101 cm³/mol. The molecule has 170 valence electrons. The van der Waals surface area contributed by atoms with Crippen molar-refractivity contribution in [3.05, 3.63) is 24.3 Å². The molecule has 3 rings (SSSR count). The van der Waals surface area contributed by atoms with Gasteiger partial charge in [0.15, 0.2) is 12.5 Å². The zero-order valence-electron chi connectivity index (χ0n) is 15.9. The number of anilines is 2. The fourth-order valence-electron chi connectivity index (χ4n) is 3.48. The Hall–Kier alpha value is -1.58. The van der Waals surface area contributed by atoms with Gasteiger partial charge in [-0.15, -0.1) is 0 Å². The highest BCUT2D eigenvalue weighted by Gasteiger charge is 2.45. The average Bonchev–Trinajstić information content (AvgIpc) is 2.75. The lowest BCUT2D eigenvalue weighted by Crippen LogP contribution is -2.61. The van der Waals surface area contributed by atoms with Gasteiger partial charge in [-0.2, -0.15) is 0 Å². The van der Waals surface area contributed by atoms with Gasteiger partial charge in [0.25, 0.3) is 0 Å². The van der Waals surface area contributed by atoms with E-state index in [1.807, 2.05) is 0 Å². The van der Waals surface area contributed by atoms with Crippen LogP contribution in [0.2, 0.25) is 0 Å². The third-order valence-corrected chi connectivity index (χ3v) is 5.31. The van der Waals surface area contributed by atoms with Gasteiger partial charge in [0.2, 0.25) is 0 Å². The van der Waals surface area contributed by atoms with Crippen LogP contribution in [0.25, 0.3) is 0 Å². The van der Waals surface area contributed by atoms with E-state index in [0.29, 0.717) is 11.4 Å². The number of benzene rings is 1. The van der Waals surface area contributed by atoms with Gasteiger partial charge in [0.1, 0.15) is 48.8 Å². The first-order valence-corrected chi connectivity index (χ1v) is 9.51. The largest absolute Gasteiger partial charge is 0.394 e. The van der Waals surface area contributed by atoms with Crippen molar-refractivity contribution < 1.29 is 50.3 Å². The van der Waals surface area contributed by atoms with Crippen LogP contribution in [0.4, 0.5) is 11.4 Å². The normalized spacial score (nSPS) is 42.0. The number of aliphatic hydroxyl groups excluding tert-OH is 8. The molecule has 10 N–H and O–H groups in total. The fraction of sp³-hybridized carbons (Fsp3) is 0.667. The number of hydrogen-bond donors (Lipinski definition) is 10. The number of ether oxygens (including phenoxy) is 2.